The minimum absolute atomic E-state index is 0.227. The Bertz CT molecular complexity index is 311. The first-order chi connectivity index (χ1) is 8.14. The minimum Gasteiger partial charge on any atom is -0.481 e. The Morgan fingerprint density at radius 3 is 2.65 bits per heavy atom. The van der Waals surface area contributed by atoms with E-state index in [0.29, 0.717) is 39.2 Å². The quantitative estimate of drug-likeness (QED) is 0.790. The van der Waals surface area contributed by atoms with Crippen LogP contribution in [-0.4, -0.2) is 55.0 Å². The maximum Gasteiger partial charge on any atom is 0.409 e. The molecule has 17 heavy (non-hydrogen) atoms. The van der Waals surface area contributed by atoms with Gasteiger partial charge in [0.05, 0.1) is 12.0 Å². The molecule has 2 saturated heterocycles. The molecule has 0 unspecified atom stereocenters. The number of amides is 1. The Balaban J connectivity index is 2.06. The topological polar surface area (TPSA) is 76.1 Å². The molecule has 2 fully saturated rings. The van der Waals surface area contributed by atoms with Crippen molar-refractivity contribution in [3.63, 3.8) is 0 Å². The molecule has 6 heteroatoms. The fraction of sp³-hybridized carbons (Fsp3) is 0.818. The van der Waals surface area contributed by atoms with Crippen LogP contribution in [0.5, 0.6) is 0 Å². The van der Waals surface area contributed by atoms with Crippen LogP contribution in [0.4, 0.5) is 4.79 Å². The van der Waals surface area contributed by atoms with Crippen molar-refractivity contribution in [3.8, 4) is 0 Å². The van der Waals surface area contributed by atoms with Crippen molar-refractivity contribution in [2.45, 2.75) is 19.3 Å². The standard InChI is InChI=1S/C11H17NO5/c13-9(14)11(2-6-16-7-3-11)8-12-4-1-5-17-10(12)15/h1-8H2,(H,13,14). The molecule has 2 heterocycles. The number of carbonyl (C=O) groups is 2. The predicted octanol–water partition coefficient (Wildman–Crippen LogP) is 0.710. The van der Waals surface area contributed by atoms with Gasteiger partial charge in [-0.25, -0.2) is 4.79 Å². The minimum atomic E-state index is -0.866. The van der Waals surface area contributed by atoms with Gasteiger partial charge in [-0.2, -0.15) is 0 Å². The maximum absolute atomic E-state index is 11.5. The van der Waals surface area contributed by atoms with E-state index < -0.39 is 17.5 Å². The number of nitrogens with zero attached hydrogens (tertiary/aromatic N) is 1. The van der Waals surface area contributed by atoms with Gasteiger partial charge in [0.15, 0.2) is 0 Å². The molecule has 0 saturated carbocycles. The third-order valence-corrected chi connectivity index (χ3v) is 3.45. The lowest BCUT2D eigenvalue weighted by Crippen LogP contribution is -2.50. The number of ether oxygens (including phenoxy) is 2. The predicted molar refractivity (Wildman–Crippen MR) is 57.7 cm³/mol. The summed E-state index contributed by atoms with van der Waals surface area (Å²) in [6, 6.07) is 0. The molecule has 2 rings (SSSR count). The summed E-state index contributed by atoms with van der Waals surface area (Å²) >= 11 is 0. The van der Waals surface area contributed by atoms with Gasteiger partial charge in [-0.3, -0.25) is 4.79 Å². The van der Waals surface area contributed by atoms with Gasteiger partial charge in [-0.05, 0) is 19.3 Å². The lowest BCUT2D eigenvalue weighted by atomic mass is 9.79. The molecular weight excluding hydrogens is 226 g/mol. The maximum atomic E-state index is 11.5. The number of hydrogen-bond donors (Lipinski definition) is 1. The Kier molecular flexibility index (Phi) is 3.51. The van der Waals surface area contributed by atoms with Crippen LogP contribution in [0.3, 0.4) is 0 Å². The molecule has 0 bridgehead atoms. The van der Waals surface area contributed by atoms with Crippen molar-refractivity contribution in [1.82, 2.24) is 4.90 Å². The zero-order valence-electron chi connectivity index (χ0n) is 9.68. The second kappa shape index (κ2) is 4.91. The number of cyclic esters (lactones) is 1. The van der Waals surface area contributed by atoms with E-state index in [-0.39, 0.29) is 6.54 Å². The first kappa shape index (κ1) is 12.2. The van der Waals surface area contributed by atoms with Crippen LogP contribution in [0, 0.1) is 5.41 Å². The van der Waals surface area contributed by atoms with Crippen LogP contribution in [0.25, 0.3) is 0 Å². The number of carboxylic acids is 1. The molecule has 6 nitrogen and oxygen atoms in total. The first-order valence-electron chi connectivity index (χ1n) is 5.87. The van der Waals surface area contributed by atoms with Gasteiger partial charge in [0.2, 0.25) is 0 Å². The lowest BCUT2D eigenvalue weighted by molar-refractivity contribution is -0.156. The molecule has 2 aliphatic rings. The zero-order chi connectivity index (χ0) is 12.3. The second-order valence-electron chi connectivity index (χ2n) is 4.59. The second-order valence-corrected chi connectivity index (χ2v) is 4.59. The molecule has 1 amide bonds. The smallest absolute Gasteiger partial charge is 0.409 e. The molecule has 0 radical (unpaired) electrons. The highest BCUT2D eigenvalue weighted by atomic mass is 16.6. The molecule has 0 aliphatic carbocycles. The van der Waals surface area contributed by atoms with Gasteiger partial charge < -0.3 is 19.5 Å². The summed E-state index contributed by atoms with van der Waals surface area (Å²) in [7, 11) is 0. The monoisotopic (exact) mass is 243 g/mol. The van der Waals surface area contributed by atoms with E-state index in [1.54, 1.807) is 0 Å². The first-order valence-corrected chi connectivity index (χ1v) is 5.87. The van der Waals surface area contributed by atoms with Crippen molar-refractivity contribution in [2.75, 3.05) is 32.9 Å². The molecule has 96 valence electrons. The molecule has 0 spiro atoms. The third kappa shape index (κ3) is 2.52. The summed E-state index contributed by atoms with van der Waals surface area (Å²) in [4.78, 5) is 24.4. The molecule has 0 aromatic rings. The Hall–Kier alpha value is -1.30. The Morgan fingerprint density at radius 1 is 1.35 bits per heavy atom. The Labute approximate surface area is 99.5 Å². The summed E-state index contributed by atoms with van der Waals surface area (Å²) in [5, 5.41) is 9.37. The largest absolute Gasteiger partial charge is 0.481 e. The van der Waals surface area contributed by atoms with Gasteiger partial charge in [-0.15, -0.1) is 0 Å². The van der Waals surface area contributed by atoms with E-state index >= 15 is 0 Å². The fourth-order valence-electron chi connectivity index (χ4n) is 2.31. The van der Waals surface area contributed by atoms with Crippen molar-refractivity contribution >= 4 is 12.1 Å². The number of hydrogen-bond acceptors (Lipinski definition) is 4. The summed E-state index contributed by atoms with van der Waals surface area (Å²) < 4.78 is 10.1. The van der Waals surface area contributed by atoms with E-state index in [4.69, 9.17) is 9.47 Å². The van der Waals surface area contributed by atoms with Crippen LogP contribution in [0.2, 0.25) is 0 Å². The molecule has 0 atom stereocenters. The van der Waals surface area contributed by atoms with Crippen molar-refractivity contribution in [1.29, 1.82) is 0 Å². The van der Waals surface area contributed by atoms with Crippen molar-refractivity contribution < 1.29 is 24.2 Å². The lowest BCUT2D eigenvalue weighted by Gasteiger charge is -2.38. The summed E-state index contributed by atoms with van der Waals surface area (Å²) in [6.45, 7) is 2.11. The van der Waals surface area contributed by atoms with Gasteiger partial charge in [0, 0.05) is 26.3 Å². The number of carbonyl (C=O) groups excluding carboxylic acids is 1. The van der Waals surface area contributed by atoms with Crippen LogP contribution >= 0.6 is 0 Å². The van der Waals surface area contributed by atoms with E-state index in [2.05, 4.69) is 0 Å². The van der Waals surface area contributed by atoms with E-state index in [9.17, 15) is 14.7 Å². The van der Waals surface area contributed by atoms with Crippen molar-refractivity contribution in [2.24, 2.45) is 5.41 Å². The average Bonchev–Trinajstić information content (AvgIpc) is 2.33. The Morgan fingerprint density at radius 2 is 2.06 bits per heavy atom. The fourth-order valence-corrected chi connectivity index (χ4v) is 2.31. The normalized spacial score (nSPS) is 24.2. The summed E-state index contributed by atoms with van der Waals surface area (Å²) in [5.41, 5.74) is -0.866. The molecular formula is C11H17NO5. The van der Waals surface area contributed by atoms with Gasteiger partial charge in [0.25, 0.3) is 0 Å². The highest BCUT2D eigenvalue weighted by Gasteiger charge is 2.43. The zero-order valence-corrected chi connectivity index (χ0v) is 9.68. The highest BCUT2D eigenvalue weighted by molar-refractivity contribution is 5.76. The van der Waals surface area contributed by atoms with Gasteiger partial charge in [0.1, 0.15) is 0 Å². The molecule has 0 aromatic carbocycles. The van der Waals surface area contributed by atoms with Crippen LogP contribution in [0.1, 0.15) is 19.3 Å². The van der Waals surface area contributed by atoms with Gasteiger partial charge >= 0.3 is 12.1 Å². The SMILES string of the molecule is O=C1OCCCN1CC1(C(=O)O)CCOCC1. The van der Waals surface area contributed by atoms with Crippen LogP contribution in [-0.2, 0) is 14.3 Å². The number of carboxylic acid groups (broad SMARTS) is 1. The number of rotatable bonds is 3. The van der Waals surface area contributed by atoms with E-state index in [0.717, 1.165) is 6.42 Å². The summed E-state index contributed by atoms with van der Waals surface area (Å²) in [6.07, 6.45) is 1.26. The number of aliphatic carboxylic acids is 1. The molecule has 1 N–H and O–H groups in total. The molecule has 2 aliphatic heterocycles. The van der Waals surface area contributed by atoms with E-state index in [1.165, 1.54) is 4.90 Å². The van der Waals surface area contributed by atoms with E-state index in [1.807, 2.05) is 0 Å². The van der Waals surface area contributed by atoms with Crippen LogP contribution < -0.4 is 0 Å². The molecule has 0 aromatic heterocycles. The van der Waals surface area contributed by atoms with Gasteiger partial charge in [-0.1, -0.05) is 0 Å². The highest BCUT2D eigenvalue weighted by Crippen LogP contribution is 2.32. The van der Waals surface area contributed by atoms with Crippen LogP contribution in [0.15, 0.2) is 0 Å². The third-order valence-electron chi connectivity index (χ3n) is 3.45. The summed E-state index contributed by atoms with van der Waals surface area (Å²) in [5.74, 6) is -0.848. The average molecular weight is 243 g/mol. The van der Waals surface area contributed by atoms with Crippen molar-refractivity contribution in [3.05, 3.63) is 0 Å².